The maximum Gasteiger partial charge on any atom is 0.304 e. The maximum atomic E-state index is 11.7. The van der Waals surface area contributed by atoms with Crippen LogP contribution in [0.1, 0.15) is 12.0 Å². The highest BCUT2D eigenvalue weighted by Gasteiger charge is 2.14. The molecular weight excluding hydrogens is 266 g/mol. The van der Waals surface area contributed by atoms with E-state index < -0.39 is 16.0 Å². The molecule has 0 saturated heterocycles. The molecule has 1 aromatic carbocycles. The minimum Gasteiger partial charge on any atom is -0.481 e. The molecule has 0 aliphatic rings. The van der Waals surface area contributed by atoms with Gasteiger partial charge < -0.3 is 5.11 Å². The predicted octanol–water partition coefficient (Wildman–Crippen LogP) is 1.40. The minimum atomic E-state index is -3.69. The molecule has 1 rings (SSSR count). The van der Waals surface area contributed by atoms with Gasteiger partial charge in [0.05, 0.1) is 11.3 Å². The molecule has 0 unspecified atom stereocenters. The standard InChI is InChI=1S/C10H12ClNO4S/c1-7-2-3-8(6-9(7)11)17(15,16)12-5-4-10(13)14/h2-3,6,12H,4-5H2,1H3,(H,13,14). The highest BCUT2D eigenvalue weighted by atomic mass is 35.5. The van der Waals surface area contributed by atoms with E-state index in [-0.39, 0.29) is 17.9 Å². The Labute approximate surface area is 104 Å². The number of rotatable bonds is 5. The Morgan fingerprint density at radius 2 is 2.12 bits per heavy atom. The van der Waals surface area contributed by atoms with Gasteiger partial charge in [-0.1, -0.05) is 17.7 Å². The largest absolute Gasteiger partial charge is 0.481 e. The average Bonchev–Trinajstić information content (AvgIpc) is 2.21. The summed E-state index contributed by atoms with van der Waals surface area (Å²) < 4.78 is 25.6. The number of benzene rings is 1. The Morgan fingerprint density at radius 1 is 1.47 bits per heavy atom. The number of aryl methyl sites for hydroxylation is 1. The molecule has 1 aromatic rings. The van der Waals surface area contributed by atoms with Gasteiger partial charge in [0.2, 0.25) is 10.0 Å². The van der Waals surface area contributed by atoms with E-state index in [1.54, 1.807) is 13.0 Å². The summed E-state index contributed by atoms with van der Waals surface area (Å²) in [4.78, 5) is 10.3. The lowest BCUT2D eigenvalue weighted by atomic mass is 10.2. The van der Waals surface area contributed by atoms with Gasteiger partial charge in [-0.25, -0.2) is 13.1 Å². The number of nitrogens with one attached hydrogen (secondary N) is 1. The number of carboxylic acid groups (broad SMARTS) is 1. The molecule has 0 aliphatic heterocycles. The van der Waals surface area contributed by atoms with E-state index in [0.717, 1.165) is 5.56 Å². The van der Waals surface area contributed by atoms with Crippen LogP contribution in [0.15, 0.2) is 23.1 Å². The number of aliphatic carboxylic acids is 1. The molecule has 7 heteroatoms. The van der Waals surface area contributed by atoms with Gasteiger partial charge in [0, 0.05) is 11.6 Å². The Balaban J connectivity index is 2.82. The number of carboxylic acids is 1. The van der Waals surface area contributed by atoms with Crippen molar-refractivity contribution in [3.63, 3.8) is 0 Å². The van der Waals surface area contributed by atoms with Crippen molar-refractivity contribution in [3.8, 4) is 0 Å². The zero-order valence-electron chi connectivity index (χ0n) is 9.10. The van der Waals surface area contributed by atoms with Crippen molar-refractivity contribution < 1.29 is 18.3 Å². The molecular formula is C10H12ClNO4S. The number of halogens is 1. The molecule has 0 fully saturated rings. The van der Waals surface area contributed by atoms with E-state index in [2.05, 4.69) is 4.72 Å². The second-order valence-electron chi connectivity index (χ2n) is 3.45. The Kier molecular flexibility index (Phi) is 4.50. The second kappa shape index (κ2) is 5.48. The molecule has 0 radical (unpaired) electrons. The van der Waals surface area contributed by atoms with Gasteiger partial charge in [-0.3, -0.25) is 4.79 Å². The van der Waals surface area contributed by atoms with E-state index in [9.17, 15) is 13.2 Å². The molecule has 0 amide bonds. The molecule has 0 bridgehead atoms. The number of hydrogen-bond donors (Lipinski definition) is 2. The van der Waals surface area contributed by atoms with Gasteiger partial charge in [-0.15, -0.1) is 0 Å². The van der Waals surface area contributed by atoms with E-state index in [1.165, 1.54) is 12.1 Å². The highest BCUT2D eigenvalue weighted by Crippen LogP contribution is 2.19. The van der Waals surface area contributed by atoms with Gasteiger partial charge in [0.15, 0.2) is 0 Å². The summed E-state index contributed by atoms with van der Waals surface area (Å²) in [7, 11) is -3.69. The first kappa shape index (κ1) is 14.0. The lowest BCUT2D eigenvalue weighted by molar-refractivity contribution is -0.136. The normalized spacial score (nSPS) is 11.4. The monoisotopic (exact) mass is 277 g/mol. The summed E-state index contributed by atoms with van der Waals surface area (Å²) in [6.07, 6.45) is -0.265. The average molecular weight is 278 g/mol. The van der Waals surface area contributed by atoms with Crippen LogP contribution >= 0.6 is 11.6 Å². The number of carbonyl (C=O) groups is 1. The molecule has 0 saturated carbocycles. The van der Waals surface area contributed by atoms with Crippen molar-refractivity contribution in [3.05, 3.63) is 28.8 Å². The molecule has 0 atom stereocenters. The van der Waals surface area contributed by atoms with Crippen LogP contribution in [0.4, 0.5) is 0 Å². The molecule has 0 heterocycles. The third-order valence-corrected chi connectivity index (χ3v) is 3.95. The Hall–Kier alpha value is -1.11. The van der Waals surface area contributed by atoms with Crippen molar-refractivity contribution in [2.45, 2.75) is 18.2 Å². The third-order valence-electron chi connectivity index (χ3n) is 2.08. The minimum absolute atomic E-state index is 0.0264. The second-order valence-corrected chi connectivity index (χ2v) is 5.63. The smallest absolute Gasteiger partial charge is 0.304 e. The fraction of sp³-hybridized carbons (Fsp3) is 0.300. The van der Waals surface area contributed by atoms with Crippen LogP contribution in [0.25, 0.3) is 0 Å². The van der Waals surface area contributed by atoms with E-state index in [4.69, 9.17) is 16.7 Å². The Bertz CT molecular complexity index is 527. The van der Waals surface area contributed by atoms with Crippen molar-refractivity contribution in [1.82, 2.24) is 4.72 Å². The SMILES string of the molecule is Cc1ccc(S(=O)(=O)NCCC(=O)O)cc1Cl. The van der Waals surface area contributed by atoms with Crippen LogP contribution < -0.4 is 4.72 Å². The summed E-state index contributed by atoms with van der Waals surface area (Å²) in [5.41, 5.74) is 0.774. The first-order chi connectivity index (χ1) is 7.83. The van der Waals surface area contributed by atoms with Crippen molar-refractivity contribution in [2.75, 3.05) is 6.54 Å². The zero-order valence-corrected chi connectivity index (χ0v) is 10.7. The highest BCUT2D eigenvalue weighted by molar-refractivity contribution is 7.89. The summed E-state index contributed by atoms with van der Waals surface area (Å²) in [6.45, 7) is 1.61. The van der Waals surface area contributed by atoms with Gasteiger partial charge in [-0.05, 0) is 24.6 Å². The fourth-order valence-electron chi connectivity index (χ4n) is 1.12. The quantitative estimate of drug-likeness (QED) is 0.852. The van der Waals surface area contributed by atoms with Crippen molar-refractivity contribution in [1.29, 1.82) is 0 Å². The van der Waals surface area contributed by atoms with Crippen LogP contribution in [0, 0.1) is 6.92 Å². The van der Waals surface area contributed by atoms with Crippen molar-refractivity contribution in [2.24, 2.45) is 0 Å². The number of sulfonamides is 1. The topological polar surface area (TPSA) is 83.5 Å². The predicted molar refractivity (Wildman–Crippen MR) is 63.6 cm³/mol. The molecule has 0 spiro atoms. The van der Waals surface area contributed by atoms with Crippen molar-refractivity contribution >= 4 is 27.6 Å². The summed E-state index contributed by atoms with van der Waals surface area (Å²) >= 11 is 5.82. The molecule has 94 valence electrons. The van der Waals surface area contributed by atoms with Gasteiger partial charge >= 0.3 is 5.97 Å². The van der Waals surface area contributed by atoms with Crippen LogP contribution in [-0.4, -0.2) is 26.0 Å². The van der Waals surface area contributed by atoms with Gasteiger partial charge in [0.25, 0.3) is 0 Å². The molecule has 0 aromatic heterocycles. The van der Waals surface area contributed by atoms with Gasteiger partial charge in [0.1, 0.15) is 0 Å². The number of hydrogen-bond acceptors (Lipinski definition) is 3. The van der Waals surface area contributed by atoms with Crippen LogP contribution in [0.5, 0.6) is 0 Å². The zero-order chi connectivity index (χ0) is 13.1. The Morgan fingerprint density at radius 3 is 2.65 bits per heavy atom. The first-order valence-corrected chi connectivity index (χ1v) is 6.66. The molecule has 17 heavy (non-hydrogen) atoms. The maximum absolute atomic E-state index is 11.7. The van der Waals surface area contributed by atoms with E-state index >= 15 is 0 Å². The van der Waals surface area contributed by atoms with Crippen LogP contribution in [0.3, 0.4) is 0 Å². The van der Waals surface area contributed by atoms with E-state index in [0.29, 0.717) is 5.02 Å². The van der Waals surface area contributed by atoms with E-state index in [1.807, 2.05) is 0 Å². The molecule has 2 N–H and O–H groups in total. The molecule has 5 nitrogen and oxygen atoms in total. The summed E-state index contributed by atoms with van der Waals surface area (Å²) in [5.74, 6) is -1.06. The lowest BCUT2D eigenvalue weighted by Gasteiger charge is -2.06. The van der Waals surface area contributed by atoms with Crippen LogP contribution in [-0.2, 0) is 14.8 Å². The van der Waals surface area contributed by atoms with Crippen LogP contribution in [0.2, 0.25) is 5.02 Å². The fourth-order valence-corrected chi connectivity index (χ4v) is 2.42. The van der Waals surface area contributed by atoms with Gasteiger partial charge in [-0.2, -0.15) is 0 Å². The first-order valence-electron chi connectivity index (χ1n) is 4.80. The summed E-state index contributed by atoms with van der Waals surface area (Å²) in [5, 5.41) is 8.76. The third kappa shape index (κ3) is 3.99. The molecule has 0 aliphatic carbocycles. The lowest BCUT2D eigenvalue weighted by Crippen LogP contribution is -2.26. The summed E-state index contributed by atoms with van der Waals surface area (Å²) in [6, 6.07) is 4.35.